The minimum absolute atomic E-state index is 0.0160. The van der Waals surface area contributed by atoms with Gasteiger partial charge in [0, 0.05) is 26.0 Å². The molecular formula is C14H16N4O. The number of carbonyl (C=O) groups excluding carboxylic acids is 1. The lowest BCUT2D eigenvalue weighted by molar-refractivity contribution is -0.117. The number of hydrogen-bond acceptors (Lipinski definition) is 4. The van der Waals surface area contributed by atoms with E-state index in [4.69, 9.17) is 0 Å². The summed E-state index contributed by atoms with van der Waals surface area (Å²) in [4.78, 5) is 22.0. The van der Waals surface area contributed by atoms with Crippen LogP contribution in [0.5, 0.6) is 0 Å². The summed E-state index contributed by atoms with van der Waals surface area (Å²) in [5.74, 6) is 0.757. The Kier molecular flexibility index (Phi) is 4.07. The molecule has 5 nitrogen and oxygen atoms in total. The molecule has 0 saturated heterocycles. The summed E-state index contributed by atoms with van der Waals surface area (Å²) in [5, 5.41) is 2.94. The molecule has 0 aliphatic heterocycles. The number of carbonyl (C=O) groups is 1. The van der Waals surface area contributed by atoms with Gasteiger partial charge in [-0.3, -0.25) is 9.78 Å². The molecule has 0 aliphatic rings. The summed E-state index contributed by atoms with van der Waals surface area (Å²) in [6, 6.07) is 9.24. The molecule has 1 amide bonds. The van der Waals surface area contributed by atoms with Gasteiger partial charge in [-0.15, -0.1) is 0 Å². The van der Waals surface area contributed by atoms with Gasteiger partial charge in [-0.25, -0.2) is 4.98 Å². The molecule has 0 radical (unpaired) electrons. The minimum atomic E-state index is -0.0160. The maximum absolute atomic E-state index is 12.1. The van der Waals surface area contributed by atoms with E-state index >= 15 is 0 Å². The van der Waals surface area contributed by atoms with Crippen molar-refractivity contribution in [3.8, 4) is 0 Å². The van der Waals surface area contributed by atoms with Crippen molar-refractivity contribution in [2.24, 2.45) is 0 Å². The number of aromatic nitrogens is 2. The molecule has 1 N–H and O–H groups in total. The number of amides is 1. The Morgan fingerprint density at radius 2 is 2.11 bits per heavy atom. The van der Waals surface area contributed by atoms with Crippen LogP contribution in [-0.2, 0) is 11.2 Å². The van der Waals surface area contributed by atoms with Crippen LogP contribution in [0.2, 0.25) is 0 Å². The van der Waals surface area contributed by atoms with Crippen LogP contribution in [0, 0.1) is 0 Å². The molecule has 0 unspecified atom stereocenters. The van der Waals surface area contributed by atoms with Crippen LogP contribution < -0.4 is 10.2 Å². The van der Waals surface area contributed by atoms with Gasteiger partial charge in [0.05, 0.1) is 18.3 Å². The van der Waals surface area contributed by atoms with E-state index in [0.717, 1.165) is 17.2 Å². The van der Waals surface area contributed by atoms with E-state index in [1.165, 1.54) is 0 Å². The molecule has 5 heteroatoms. The van der Waals surface area contributed by atoms with Crippen molar-refractivity contribution in [2.45, 2.75) is 6.42 Å². The first kappa shape index (κ1) is 13.0. The van der Waals surface area contributed by atoms with Gasteiger partial charge in [-0.1, -0.05) is 6.07 Å². The highest BCUT2D eigenvalue weighted by atomic mass is 16.2. The molecule has 0 atom stereocenters. The standard InChI is InChI=1S/C14H16N4O/c1-15-13-7-6-12(10-17-13)18(2)14(19)9-11-5-3-4-8-16-11/h3-8,10H,9H2,1-2H3,(H,15,17). The lowest BCUT2D eigenvalue weighted by atomic mass is 10.2. The molecule has 0 aromatic carbocycles. The summed E-state index contributed by atoms with van der Waals surface area (Å²) >= 11 is 0. The number of rotatable bonds is 4. The zero-order valence-electron chi connectivity index (χ0n) is 11.0. The van der Waals surface area contributed by atoms with E-state index < -0.39 is 0 Å². The predicted molar refractivity (Wildman–Crippen MR) is 75.1 cm³/mol. The number of nitrogens with zero attached hydrogens (tertiary/aromatic N) is 3. The van der Waals surface area contributed by atoms with Crippen molar-refractivity contribution >= 4 is 17.4 Å². The average Bonchev–Trinajstić information content (AvgIpc) is 2.47. The Morgan fingerprint density at radius 3 is 2.68 bits per heavy atom. The molecule has 0 spiro atoms. The number of likely N-dealkylation sites (N-methyl/N-ethyl adjacent to an activating group) is 1. The SMILES string of the molecule is CNc1ccc(N(C)C(=O)Cc2ccccn2)cn1. The Hall–Kier alpha value is -2.43. The first-order chi connectivity index (χ1) is 9.20. The predicted octanol–water partition coefficient (Wildman–Crippen LogP) is 1.72. The zero-order chi connectivity index (χ0) is 13.7. The molecule has 2 heterocycles. The zero-order valence-corrected chi connectivity index (χ0v) is 11.0. The second kappa shape index (κ2) is 5.95. The molecule has 19 heavy (non-hydrogen) atoms. The molecule has 2 rings (SSSR count). The molecule has 2 aromatic heterocycles. The fourth-order valence-corrected chi connectivity index (χ4v) is 1.65. The Bertz CT molecular complexity index is 539. The molecule has 2 aromatic rings. The van der Waals surface area contributed by atoms with Crippen molar-refractivity contribution in [1.82, 2.24) is 9.97 Å². The van der Waals surface area contributed by atoms with Gasteiger partial charge >= 0.3 is 0 Å². The maximum Gasteiger partial charge on any atom is 0.232 e. The number of hydrogen-bond donors (Lipinski definition) is 1. The third-order valence-electron chi connectivity index (χ3n) is 2.82. The van der Waals surface area contributed by atoms with E-state index in [0.29, 0.717) is 0 Å². The maximum atomic E-state index is 12.1. The van der Waals surface area contributed by atoms with Gasteiger partial charge < -0.3 is 10.2 Å². The first-order valence-electron chi connectivity index (χ1n) is 6.01. The number of anilines is 2. The monoisotopic (exact) mass is 256 g/mol. The lowest BCUT2D eigenvalue weighted by Gasteiger charge is -2.17. The third-order valence-corrected chi connectivity index (χ3v) is 2.82. The van der Waals surface area contributed by atoms with E-state index in [1.807, 2.05) is 30.3 Å². The average molecular weight is 256 g/mol. The van der Waals surface area contributed by atoms with E-state index in [2.05, 4.69) is 15.3 Å². The van der Waals surface area contributed by atoms with Gasteiger partial charge in [0.15, 0.2) is 0 Å². The van der Waals surface area contributed by atoms with Crippen molar-refractivity contribution in [3.63, 3.8) is 0 Å². The smallest absolute Gasteiger partial charge is 0.232 e. The fourth-order valence-electron chi connectivity index (χ4n) is 1.65. The van der Waals surface area contributed by atoms with Crippen molar-refractivity contribution in [1.29, 1.82) is 0 Å². The first-order valence-corrected chi connectivity index (χ1v) is 6.01. The molecule has 0 saturated carbocycles. The highest BCUT2D eigenvalue weighted by Crippen LogP contribution is 2.14. The fraction of sp³-hybridized carbons (Fsp3) is 0.214. The van der Waals surface area contributed by atoms with Crippen LogP contribution in [0.4, 0.5) is 11.5 Å². The van der Waals surface area contributed by atoms with Gasteiger partial charge in [0.25, 0.3) is 0 Å². The largest absolute Gasteiger partial charge is 0.373 e. The second-order valence-electron chi connectivity index (χ2n) is 4.10. The molecule has 0 fully saturated rings. The van der Waals surface area contributed by atoms with Crippen LogP contribution >= 0.6 is 0 Å². The van der Waals surface area contributed by atoms with Crippen LogP contribution in [0.1, 0.15) is 5.69 Å². The number of pyridine rings is 2. The van der Waals surface area contributed by atoms with Crippen molar-refractivity contribution in [2.75, 3.05) is 24.3 Å². The molecule has 98 valence electrons. The lowest BCUT2D eigenvalue weighted by Crippen LogP contribution is -2.28. The Morgan fingerprint density at radius 1 is 1.26 bits per heavy atom. The van der Waals surface area contributed by atoms with Gasteiger partial charge in [0.1, 0.15) is 5.82 Å². The minimum Gasteiger partial charge on any atom is -0.373 e. The van der Waals surface area contributed by atoms with Crippen LogP contribution in [0.25, 0.3) is 0 Å². The summed E-state index contributed by atoms with van der Waals surface area (Å²) in [7, 11) is 3.54. The van der Waals surface area contributed by atoms with Crippen LogP contribution in [0.3, 0.4) is 0 Å². The highest BCUT2D eigenvalue weighted by Gasteiger charge is 2.12. The Balaban J connectivity index is 2.06. The van der Waals surface area contributed by atoms with Crippen LogP contribution in [-0.4, -0.2) is 30.0 Å². The summed E-state index contributed by atoms with van der Waals surface area (Å²) in [6.07, 6.45) is 3.64. The molecule has 0 aliphatic carbocycles. The van der Waals surface area contributed by atoms with Crippen molar-refractivity contribution in [3.05, 3.63) is 48.4 Å². The van der Waals surface area contributed by atoms with Gasteiger partial charge in [-0.2, -0.15) is 0 Å². The quantitative estimate of drug-likeness (QED) is 0.905. The molecular weight excluding hydrogens is 240 g/mol. The second-order valence-corrected chi connectivity index (χ2v) is 4.10. The highest BCUT2D eigenvalue weighted by molar-refractivity contribution is 5.93. The van der Waals surface area contributed by atoms with E-state index in [-0.39, 0.29) is 12.3 Å². The third kappa shape index (κ3) is 3.28. The summed E-state index contributed by atoms with van der Waals surface area (Å²) < 4.78 is 0. The molecule has 0 bridgehead atoms. The summed E-state index contributed by atoms with van der Waals surface area (Å²) in [6.45, 7) is 0. The van der Waals surface area contributed by atoms with Crippen LogP contribution in [0.15, 0.2) is 42.7 Å². The number of nitrogens with one attached hydrogen (secondary N) is 1. The topological polar surface area (TPSA) is 58.1 Å². The van der Waals surface area contributed by atoms with E-state index in [9.17, 15) is 4.79 Å². The normalized spacial score (nSPS) is 10.0. The summed E-state index contributed by atoms with van der Waals surface area (Å²) in [5.41, 5.74) is 1.53. The van der Waals surface area contributed by atoms with Gasteiger partial charge in [0.2, 0.25) is 5.91 Å². The van der Waals surface area contributed by atoms with E-state index in [1.54, 1.807) is 31.4 Å². The van der Waals surface area contributed by atoms with Crippen molar-refractivity contribution < 1.29 is 4.79 Å². The van der Waals surface area contributed by atoms with Gasteiger partial charge in [-0.05, 0) is 24.3 Å². The Labute approximate surface area is 112 Å².